The second-order valence-electron chi connectivity index (χ2n) is 8.48. The van der Waals surface area contributed by atoms with Gasteiger partial charge >= 0.3 is 0 Å². The maximum atomic E-state index is 13.0. The fourth-order valence-corrected chi connectivity index (χ4v) is 6.70. The van der Waals surface area contributed by atoms with Gasteiger partial charge in [-0.25, -0.2) is 0 Å². The van der Waals surface area contributed by atoms with Crippen LogP contribution in [0.15, 0.2) is 30.5 Å². The molecule has 0 aromatic carbocycles. The molecule has 2 heteroatoms. The van der Waals surface area contributed by atoms with Crippen LogP contribution in [0.1, 0.15) is 51.9 Å². The Hall–Kier alpha value is -1.40. The van der Waals surface area contributed by atoms with Gasteiger partial charge in [0.15, 0.2) is 0 Å². The van der Waals surface area contributed by atoms with Crippen molar-refractivity contribution in [1.29, 1.82) is 0 Å². The van der Waals surface area contributed by atoms with Crippen molar-refractivity contribution in [2.45, 2.75) is 51.9 Å². The molecule has 0 aromatic heterocycles. The highest BCUT2D eigenvalue weighted by Gasteiger charge is 2.61. The van der Waals surface area contributed by atoms with Crippen molar-refractivity contribution in [2.75, 3.05) is 0 Å². The number of hydrogen-bond donors (Lipinski definition) is 0. The average molecular weight is 310 g/mol. The van der Waals surface area contributed by atoms with E-state index in [9.17, 15) is 9.59 Å². The summed E-state index contributed by atoms with van der Waals surface area (Å²) in [5.74, 6) is 1.25. The van der Waals surface area contributed by atoms with Gasteiger partial charge in [-0.3, -0.25) is 9.59 Å². The van der Waals surface area contributed by atoms with E-state index in [0.29, 0.717) is 17.3 Å². The van der Waals surface area contributed by atoms with Crippen LogP contribution in [-0.2, 0) is 9.59 Å². The first-order chi connectivity index (χ1) is 11.0. The summed E-state index contributed by atoms with van der Waals surface area (Å²) in [5, 5.41) is 0. The first kappa shape index (κ1) is 15.1. The maximum Gasteiger partial charge on any atom is 0.222 e. The molecule has 0 bridgehead atoms. The zero-order chi connectivity index (χ0) is 16.2. The van der Waals surface area contributed by atoms with Crippen LogP contribution in [0.25, 0.3) is 0 Å². The standard InChI is InChI=1S/C21H26O2/c1-3-11-21-14(7-9-18(22)19(21)23)6-8-15-16-5-4-12-20(16,2)13-10-17(15)21/h7,9,11,14-17H,1,4-6,8,10,12-13H2,2H3/t14?,15-,16-,17-,20-,21-/m0/s1. The molecule has 0 amide bonds. The Kier molecular flexibility index (Phi) is 3.32. The van der Waals surface area contributed by atoms with Gasteiger partial charge in [-0.05, 0) is 79.8 Å². The Labute approximate surface area is 138 Å². The van der Waals surface area contributed by atoms with E-state index >= 15 is 0 Å². The molecular weight excluding hydrogens is 284 g/mol. The summed E-state index contributed by atoms with van der Waals surface area (Å²) in [5.41, 5.74) is 2.71. The summed E-state index contributed by atoms with van der Waals surface area (Å²) in [4.78, 5) is 25.2. The predicted octanol–water partition coefficient (Wildman–Crippen LogP) is 4.26. The third kappa shape index (κ3) is 1.88. The SMILES string of the molecule is C=C=C[C@]12C(=O)C(=O)C=CC1CC[C@H]1[C@@H]3CCC[C@@]3(C)CC[C@@H]12. The van der Waals surface area contributed by atoms with Gasteiger partial charge < -0.3 is 0 Å². The zero-order valence-electron chi connectivity index (χ0n) is 14.0. The third-order valence-corrected chi connectivity index (χ3v) is 7.69. The van der Waals surface area contributed by atoms with Gasteiger partial charge in [0.2, 0.25) is 11.6 Å². The van der Waals surface area contributed by atoms with E-state index in [0.717, 1.165) is 18.8 Å². The van der Waals surface area contributed by atoms with Crippen LogP contribution in [0.3, 0.4) is 0 Å². The minimum atomic E-state index is -0.652. The van der Waals surface area contributed by atoms with Crippen molar-refractivity contribution in [3.8, 4) is 0 Å². The average Bonchev–Trinajstić information content (AvgIpc) is 2.93. The summed E-state index contributed by atoms with van der Waals surface area (Å²) in [6.45, 7) is 6.20. The van der Waals surface area contributed by atoms with E-state index in [4.69, 9.17) is 0 Å². The molecule has 4 aliphatic rings. The fraction of sp³-hybridized carbons (Fsp3) is 0.667. The van der Waals surface area contributed by atoms with E-state index in [1.165, 1.54) is 38.2 Å². The van der Waals surface area contributed by atoms with Gasteiger partial charge in [-0.1, -0.05) is 26.0 Å². The van der Waals surface area contributed by atoms with Crippen molar-refractivity contribution in [3.05, 3.63) is 30.5 Å². The molecule has 4 aliphatic carbocycles. The number of Topliss-reactive ketones (excluding diaryl/α,β-unsaturated/α-hetero) is 1. The lowest BCUT2D eigenvalue weighted by Crippen LogP contribution is -2.57. The van der Waals surface area contributed by atoms with Crippen LogP contribution < -0.4 is 0 Å². The number of hydrogen-bond acceptors (Lipinski definition) is 2. The molecule has 0 N–H and O–H groups in total. The Morgan fingerprint density at radius 1 is 1.17 bits per heavy atom. The summed E-state index contributed by atoms with van der Waals surface area (Å²) in [6.07, 6.45) is 13.8. The zero-order valence-corrected chi connectivity index (χ0v) is 14.0. The fourth-order valence-electron chi connectivity index (χ4n) is 6.70. The Morgan fingerprint density at radius 3 is 2.78 bits per heavy atom. The molecule has 0 radical (unpaired) electrons. The van der Waals surface area contributed by atoms with Crippen molar-refractivity contribution in [2.24, 2.45) is 34.5 Å². The smallest absolute Gasteiger partial charge is 0.222 e. The topological polar surface area (TPSA) is 34.1 Å². The Bertz CT molecular complexity index is 638. The highest BCUT2D eigenvalue weighted by molar-refractivity contribution is 6.44. The van der Waals surface area contributed by atoms with Gasteiger partial charge in [0.25, 0.3) is 0 Å². The van der Waals surface area contributed by atoms with Gasteiger partial charge in [-0.2, -0.15) is 0 Å². The monoisotopic (exact) mass is 310 g/mol. The minimum Gasteiger partial charge on any atom is -0.289 e. The highest BCUT2D eigenvalue weighted by atomic mass is 16.2. The first-order valence-electron chi connectivity index (χ1n) is 9.17. The molecular formula is C21H26O2. The molecule has 4 rings (SSSR count). The maximum absolute atomic E-state index is 13.0. The predicted molar refractivity (Wildman–Crippen MR) is 89.7 cm³/mol. The number of carbonyl (C=O) groups excluding carboxylic acids is 2. The molecule has 0 aromatic rings. The number of carbonyl (C=O) groups is 2. The second kappa shape index (κ2) is 5.05. The lowest BCUT2D eigenvalue weighted by Gasteiger charge is -2.57. The number of rotatable bonds is 1. The second-order valence-corrected chi connectivity index (χ2v) is 8.48. The molecule has 0 saturated heterocycles. The van der Waals surface area contributed by atoms with Gasteiger partial charge in [0.1, 0.15) is 0 Å². The lowest BCUT2D eigenvalue weighted by molar-refractivity contribution is -0.150. The van der Waals surface area contributed by atoms with Crippen LogP contribution in [-0.4, -0.2) is 11.6 Å². The van der Waals surface area contributed by atoms with Crippen LogP contribution in [0, 0.1) is 34.5 Å². The van der Waals surface area contributed by atoms with Gasteiger partial charge in [0.05, 0.1) is 5.41 Å². The van der Waals surface area contributed by atoms with Crippen molar-refractivity contribution >= 4 is 11.6 Å². The molecule has 23 heavy (non-hydrogen) atoms. The summed E-state index contributed by atoms with van der Waals surface area (Å²) in [7, 11) is 0. The van der Waals surface area contributed by atoms with Crippen LogP contribution >= 0.6 is 0 Å². The number of allylic oxidation sites excluding steroid dienone is 3. The molecule has 1 unspecified atom stereocenters. The van der Waals surface area contributed by atoms with E-state index < -0.39 is 5.41 Å². The van der Waals surface area contributed by atoms with E-state index in [2.05, 4.69) is 19.2 Å². The molecule has 2 nitrogen and oxygen atoms in total. The molecule has 3 saturated carbocycles. The summed E-state index contributed by atoms with van der Waals surface area (Å²) in [6, 6.07) is 0. The van der Waals surface area contributed by atoms with Crippen molar-refractivity contribution in [1.82, 2.24) is 0 Å². The first-order valence-corrected chi connectivity index (χ1v) is 9.17. The molecule has 122 valence electrons. The number of fused-ring (bicyclic) bond motifs is 5. The number of ketones is 2. The van der Waals surface area contributed by atoms with E-state index in [1.54, 1.807) is 0 Å². The Morgan fingerprint density at radius 2 is 2.00 bits per heavy atom. The van der Waals surface area contributed by atoms with Crippen molar-refractivity contribution in [3.63, 3.8) is 0 Å². The molecule has 0 aliphatic heterocycles. The van der Waals surface area contributed by atoms with Gasteiger partial charge in [0, 0.05) is 0 Å². The van der Waals surface area contributed by atoms with Crippen LogP contribution in [0.5, 0.6) is 0 Å². The van der Waals surface area contributed by atoms with Crippen LogP contribution in [0.2, 0.25) is 0 Å². The van der Waals surface area contributed by atoms with E-state index in [-0.39, 0.29) is 17.5 Å². The molecule has 0 spiro atoms. The van der Waals surface area contributed by atoms with Crippen LogP contribution in [0.4, 0.5) is 0 Å². The van der Waals surface area contributed by atoms with E-state index in [1.807, 2.05) is 12.2 Å². The molecule has 0 heterocycles. The quantitative estimate of drug-likeness (QED) is 0.535. The highest BCUT2D eigenvalue weighted by Crippen LogP contribution is 2.65. The lowest BCUT2D eigenvalue weighted by atomic mass is 9.45. The molecule has 6 atom stereocenters. The largest absolute Gasteiger partial charge is 0.289 e. The normalized spacial score (nSPS) is 48.2. The Balaban J connectivity index is 1.81. The summed E-state index contributed by atoms with van der Waals surface area (Å²) >= 11 is 0. The van der Waals surface area contributed by atoms with Crippen molar-refractivity contribution < 1.29 is 9.59 Å². The minimum absolute atomic E-state index is 0.161. The molecule has 3 fully saturated rings. The van der Waals surface area contributed by atoms with Gasteiger partial charge in [-0.15, -0.1) is 5.73 Å². The summed E-state index contributed by atoms with van der Waals surface area (Å²) < 4.78 is 0. The third-order valence-electron chi connectivity index (χ3n) is 7.69.